The van der Waals surface area contributed by atoms with E-state index in [1.165, 1.54) is 0 Å². The fourth-order valence-corrected chi connectivity index (χ4v) is 4.08. The maximum atomic E-state index is 10.7. The van der Waals surface area contributed by atoms with E-state index in [4.69, 9.17) is 11.6 Å². The Kier molecular flexibility index (Phi) is 4.74. The number of phenolic OH excluding ortho intramolecular Hbond substituents is 1. The van der Waals surface area contributed by atoms with Crippen molar-refractivity contribution < 1.29 is 5.11 Å². The SMILES string of the molecule is Oc1ccc(Cl)cc1[C@@H](c1c[c]cc(-c2ccncc2)c1)c1cc2ccccc2[nH]1. The van der Waals surface area contributed by atoms with Gasteiger partial charge in [-0.25, -0.2) is 0 Å². The van der Waals surface area contributed by atoms with Crippen molar-refractivity contribution in [3.8, 4) is 16.9 Å². The van der Waals surface area contributed by atoms with Crippen LogP contribution in [0.15, 0.2) is 91.3 Å². The Morgan fingerprint density at radius 3 is 2.57 bits per heavy atom. The monoisotopic (exact) mass is 409 g/mol. The van der Waals surface area contributed by atoms with Gasteiger partial charge in [0.2, 0.25) is 0 Å². The number of fused-ring (bicyclic) bond motifs is 1. The van der Waals surface area contributed by atoms with E-state index in [-0.39, 0.29) is 11.7 Å². The summed E-state index contributed by atoms with van der Waals surface area (Å²) in [5.74, 6) is -0.0218. The topological polar surface area (TPSA) is 48.9 Å². The number of H-pyrrole nitrogens is 1. The Labute approximate surface area is 179 Å². The molecule has 145 valence electrons. The van der Waals surface area contributed by atoms with Gasteiger partial charge in [-0.05, 0) is 76.7 Å². The van der Waals surface area contributed by atoms with E-state index in [0.29, 0.717) is 5.02 Å². The van der Waals surface area contributed by atoms with Crippen molar-refractivity contribution >= 4 is 22.5 Å². The number of aromatic nitrogens is 2. The van der Waals surface area contributed by atoms with Crippen LogP contribution < -0.4 is 0 Å². The lowest BCUT2D eigenvalue weighted by Gasteiger charge is -2.19. The van der Waals surface area contributed by atoms with Crippen LogP contribution in [0, 0.1) is 6.07 Å². The number of hydrogen-bond donors (Lipinski definition) is 2. The normalized spacial score (nSPS) is 12.2. The van der Waals surface area contributed by atoms with Crippen molar-refractivity contribution in [3.63, 3.8) is 0 Å². The Morgan fingerprint density at radius 1 is 0.900 bits per heavy atom. The van der Waals surface area contributed by atoms with Gasteiger partial charge in [0.05, 0.1) is 5.92 Å². The zero-order chi connectivity index (χ0) is 20.5. The molecule has 0 aliphatic carbocycles. The highest BCUT2D eigenvalue weighted by Crippen LogP contribution is 2.39. The molecule has 1 radical (unpaired) electrons. The number of nitrogens with zero attached hydrogens (tertiary/aromatic N) is 1. The molecular formula is C26H18ClN2O. The Bertz CT molecular complexity index is 1290. The summed E-state index contributed by atoms with van der Waals surface area (Å²) < 4.78 is 0. The number of halogens is 1. The van der Waals surface area contributed by atoms with E-state index < -0.39 is 0 Å². The molecule has 2 N–H and O–H groups in total. The van der Waals surface area contributed by atoms with Crippen LogP contribution in [0.4, 0.5) is 0 Å². The van der Waals surface area contributed by atoms with Gasteiger partial charge in [-0.1, -0.05) is 41.9 Å². The van der Waals surface area contributed by atoms with Gasteiger partial charge in [-0.3, -0.25) is 4.98 Å². The van der Waals surface area contributed by atoms with Gasteiger partial charge in [0.1, 0.15) is 5.75 Å². The van der Waals surface area contributed by atoms with Crippen molar-refractivity contribution in [1.29, 1.82) is 0 Å². The zero-order valence-corrected chi connectivity index (χ0v) is 16.8. The summed E-state index contributed by atoms with van der Waals surface area (Å²) in [7, 11) is 0. The molecule has 0 saturated heterocycles. The fraction of sp³-hybridized carbons (Fsp3) is 0.0385. The lowest BCUT2D eigenvalue weighted by molar-refractivity contribution is 0.467. The second-order valence-electron chi connectivity index (χ2n) is 7.24. The predicted octanol–water partition coefficient (Wildman–Crippen LogP) is 6.57. The van der Waals surface area contributed by atoms with Gasteiger partial charge < -0.3 is 10.1 Å². The first-order chi connectivity index (χ1) is 14.7. The molecule has 0 bridgehead atoms. The summed E-state index contributed by atoms with van der Waals surface area (Å²) in [6.45, 7) is 0. The molecule has 3 aromatic carbocycles. The number of nitrogens with one attached hydrogen (secondary N) is 1. The van der Waals surface area contributed by atoms with Crippen molar-refractivity contribution in [1.82, 2.24) is 9.97 Å². The third kappa shape index (κ3) is 3.44. The van der Waals surface area contributed by atoms with Crippen LogP contribution in [0.1, 0.15) is 22.7 Å². The standard InChI is InChI=1S/C26H18ClN2O/c27-21-8-9-25(30)22(16-21)26(24-15-19-4-1-2-7-23(19)29-24)20-6-3-5-18(14-20)17-10-12-28-13-11-17/h1-2,4-16,26,29-30H/t26-/m1/s1. The van der Waals surface area contributed by atoms with Crippen molar-refractivity contribution in [2.24, 2.45) is 0 Å². The first-order valence-corrected chi connectivity index (χ1v) is 10.0. The van der Waals surface area contributed by atoms with Crippen molar-refractivity contribution in [2.75, 3.05) is 0 Å². The van der Waals surface area contributed by atoms with Crippen LogP contribution in [0.2, 0.25) is 5.02 Å². The van der Waals surface area contributed by atoms with E-state index in [0.717, 1.165) is 38.9 Å². The Balaban J connectivity index is 1.71. The maximum Gasteiger partial charge on any atom is 0.119 e. The molecule has 30 heavy (non-hydrogen) atoms. The van der Waals surface area contributed by atoms with E-state index in [1.807, 2.05) is 48.5 Å². The average molecular weight is 410 g/mol. The number of hydrogen-bond acceptors (Lipinski definition) is 2. The highest BCUT2D eigenvalue weighted by Gasteiger charge is 2.23. The molecule has 0 aliphatic heterocycles. The summed E-state index contributed by atoms with van der Waals surface area (Å²) in [4.78, 5) is 7.63. The summed E-state index contributed by atoms with van der Waals surface area (Å²) in [6.07, 6.45) is 3.56. The third-order valence-corrected chi connectivity index (χ3v) is 5.56. The molecule has 0 saturated carbocycles. The van der Waals surface area contributed by atoms with Gasteiger partial charge in [0, 0.05) is 34.2 Å². The third-order valence-electron chi connectivity index (χ3n) is 5.32. The summed E-state index contributed by atoms with van der Waals surface area (Å²) in [5, 5.41) is 12.4. The molecule has 1 atom stereocenters. The van der Waals surface area contributed by atoms with E-state index in [1.54, 1.807) is 24.5 Å². The minimum atomic E-state index is -0.228. The van der Waals surface area contributed by atoms with E-state index in [2.05, 4.69) is 34.2 Å². The smallest absolute Gasteiger partial charge is 0.119 e. The Hall–Kier alpha value is -3.56. The van der Waals surface area contributed by atoms with Crippen LogP contribution in [-0.4, -0.2) is 15.1 Å². The maximum absolute atomic E-state index is 10.7. The number of rotatable bonds is 4. The van der Waals surface area contributed by atoms with E-state index in [9.17, 15) is 5.11 Å². The predicted molar refractivity (Wildman–Crippen MR) is 121 cm³/mol. The molecule has 0 amide bonds. The lowest BCUT2D eigenvalue weighted by Crippen LogP contribution is -2.05. The fourth-order valence-electron chi connectivity index (χ4n) is 3.90. The van der Waals surface area contributed by atoms with Crippen LogP contribution in [0.3, 0.4) is 0 Å². The number of phenols is 1. The van der Waals surface area contributed by atoms with Crippen LogP contribution in [0.25, 0.3) is 22.0 Å². The molecule has 2 aromatic heterocycles. The van der Waals surface area contributed by atoms with Gasteiger partial charge in [-0.15, -0.1) is 0 Å². The molecule has 0 unspecified atom stereocenters. The largest absolute Gasteiger partial charge is 0.508 e. The first kappa shape index (κ1) is 18.5. The summed E-state index contributed by atoms with van der Waals surface area (Å²) in [6, 6.07) is 28.7. The van der Waals surface area contributed by atoms with Gasteiger partial charge in [-0.2, -0.15) is 0 Å². The second-order valence-corrected chi connectivity index (χ2v) is 7.68. The van der Waals surface area contributed by atoms with Crippen LogP contribution in [-0.2, 0) is 0 Å². The second kappa shape index (κ2) is 7.69. The van der Waals surface area contributed by atoms with Crippen LogP contribution >= 0.6 is 11.6 Å². The lowest BCUT2D eigenvalue weighted by atomic mass is 9.86. The van der Waals surface area contributed by atoms with Gasteiger partial charge >= 0.3 is 0 Å². The van der Waals surface area contributed by atoms with E-state index >= 15 is 0 Å². The van der Waals surface area contributed by atoms with Crippen molar-refractivity contribution in [3.05, 3.63) is 119 Å². The molecule has 2 heterocycles. The molecule has 5 rings (SSSR count). The molecule has 0 spiro atoms. The van der Waals surface area contributed by atoms with Gasteiger partial charge in [0.25, 0.3) is 0 Å². The quantitative estimate of drug-likeness (QED) is 0.352. The summed E-state index contributed by atoms with van der Waals surface area (Å²) in [5.41, 5.74) is 5.89. The Morgan fingerprint density at radius 2 is 1.73 bits per heavy atom. The minimum Gasteiger partial charge on any atom is -0.508 e. The highest BCUT2D eigenvalue weighted by molar-refractivity contribution is 6.30. The average Bonchev–Trinajstić information content (AvgIpc) is 3.21. The molecular weight excluding hydrogens is 392 g/mol. The molecule has 4 heteroatoms. The summed E-state index contributed by atoms with van der Waals surface area (Å²) >= 11 is 6.31. The van der Waals surface area contributed by atoms with Crippen molar-refractivity contribution in [2.45, 2.75) is 5.92 Å². The zero-order valence-electron chi connectivity index (χ0n) is 16.0. The number of benzene rings is 3. The van der Waals surface area contributed by atoms with Gasteiger partial charge in [0.15, 0.2) is 0 Å². The number of para-hydroxylation sites is 1. The molecule has 5 aromatic rings. The minimum absolute atomic E-state index is 0.206. The molecule has 3 nitrogen and oxygen atoms in total. The molecule has 0 fully saturated rings. The number of aromatic amines is 1. The number of aromatic hydroxyl groups is 1. The van der Waals surface area contributed by atoms with Crippen LogP contribution in [0.5, 0.6) is 5.75 Å². The number of pyridine rings is 1. The first-order valence-electron chi connectivity index (χ1n) is 9.66. The highest BCUT2D eigenvalue weighted by atomic mass is 35.5. The molecule has 0 aliphatic rings.